The number of nitrogens with zero attached hydrogens (tertiary/aromatic N) is 1. The van der Waals surface area contributed by atoms with Crippen LogP contribution in [-0.4, -0.2) is 23.6 Å². The minimum atomic E-state index is -3.73. The van der Waals surface area contributed by atoms with E-state index in [0.29, 0.717) is 0 Å². The van der Waals surface area contributed by atoms with E-state index in [0.717, 1.165) is 30.8 Å². The highest BCUT2D eigenvalue weighted by Gasteiger charge is 2.15. The van der Waals surface area contributed by atoms with Crippen LogP contribution in [-0.2, 0) is 16.4 Å². The van der Waals surface area contributed by atoms with Crippen molar-refractivity contribution in [1.29, 1.82) is 0 Å². The van der Waals surface area contributed by atoms with Crippen LogP contribution in [0.25, 0.3) is 0 Å². The number of hydrogen-bond acceptors (Lipinski definition) is 4. The molecule has 0 bridgehead atoms. The van der Waals surface area contributed by atoms with E-state index in [1.807, 2.05) is 6.92 Å². The van der Waals surface area contributed by atoms with Crippen LogP contribution in [0, 0.1) is 0 Å². The summed E-state index contributed by atoms with van der Waals surface area (Å²) in [4.78, 5) is 13.2. The molecule has 0 aliphatic rings. The summed E-state index contributed by atoms with van der Waals surface area (Å²) >= 11 is 0. The minimum Gasteiger partial charge on any atom is -0.328 e. The number of aromatic amines is 2. The van der Waals surface area contributed by atoms with E-state index in [1.54, 1.807) is 6.07 Å². The molecule has 0 atom stereocenters. The summed E-state index contributed by atoms with van der Waals surface area (Å²) in [7, 11) is -3.73. The Labute approximate surface area is 110 Å². The molecule has 0 radical (unpaired) electrons. The highest BCUT2D eigenvalue weighted by molar-refractivity contribution is 7.92. The smallest absolute Gasteiger partial charge is 0.264 e. The molecule has 2 heterocycles. The number of hydrogen-bond donors (Lipinski definition) is 3. The zero-order chi connectivity index (χ0) is 13.9. The zero-order valence-corrected chi connectivity index (χ0v) is 11.1. The van der Waals surface area contributed by atoms with Crippen LogP contribution in [0.4, 0.5) is 5.82 Å². The lowest BCUT2D eigenvalue weighted by Crippen LogP contribution is -2.15. The first-order valence-electron chi connectivity index (χ1n) is 5.77. The molecule has 2 rings (SSSR count). The molecule has 0 aliphatic carbocycles. The number of rotatable bonds is 5. The summed E-state index contributed by atoms with van der Waals surface area (Å²) < 4.78 is 26.3. The lowest BCUT2D eigenvalue weighted by Gasteiger charge is -2.03. The van der Waals surface area contributed by atoms with E-state index >= 15 is 0 Å². The van der Waals surface area contributed by atoms with Crippen molar-refractivity contribution < 1.29 is 8.42 Å². The third kappa shape index (κ3) is 3.22. The van der Waals surface area contributed by atoms with Gasteiger partial charge in [0.15, 0.2) is 5.82 Å². The van der Waals surface area contributed by atoms with Crippen LogP contribution in [0.2, 0.25) is 0 Å². The SMILES string of the molecule is CCCc1cc(NS(=O)(=O)c2ccc(=O)[nH]c2)n[nH]1. The highest BCUT2D eigenvalue weighted by atomic mass is 32.2. The maximum Gasteiger partial charge on any atom is 0.264 e. The van der Waals surface area contributed by atoms with Gasteiger partial charge in [0.2, 0.25) is 5.56 Å². The molecule has 0 saturated heterocycles. The maximum atomic E-state index is 12.0. The predicted octanol–water partition coefficient (Wildman–Crippen LogP) is 0.851. The van der Waals surface area contributed by atoms with Gasteiger partial charge in [0, 0.05) is 24.0 Å². The first-order chi connectivity index (χ1) is 9.01. The standard InChI is InChI=1S/C11H14N4O3S/c1-2-3-8-6-10(14-13-8)15-19(17,18)9-4-5-11(16)12-7-9/h4-7H,2-3H2,1H3,(H,12,16)(H2,13,14,15). The van der Waals surface area contributed by atoms with Crippen molar-refractivity contribution in [3.8, 4) is 0 Å². The summed E-state index contributed by atoms with van der Waals surface area (Å²) in [5.41, 5.74) is 0.505. The van der Waals surface area contributed by atoms with Gasteiger partial charge < -0.3 is 4.98 Å². The summed E-state index contributed by atoms with van der Waals surface area (Å²) in [5.74, 6) is 0.231. The van der Waals surface area contributed by atoms with Gasteiger partial charge in [-0.2, -0.15) is 5.10 Å². The fraction of sp³-hybridized carbons (Fsp3) is 0.273. The summed E-state index contributed by atoms with van der Waals surface area (Å²) in [6.45, 7) is 2.02. The van der Waals surface area contributed by atoms with Crippen molar-refractivity contribution >= 4 is 15.8 Å². The lowest BCUT2D eigenvalue weighted by atomic mass is 10.2. The Morgan fingerprint density at radius 3 is 2.79 bits per heavy atom. The predicted molar refractivity (Wildman–Crippen MR) is 70.5 cm³/mol. The zero-order valence-electron chi connectivity index (χ0n) is 10.3. The molecule has 3 N–H and O–H groups in total. The van der Waals surface area contributed by atoms with Gasteiger partial charge in [-0.15, -0.1) is 0 Å². The summed E-state index contributed by atoms with van der Waals surface area (Å²) in [6, 6.07) is 4.04. The van der Waals surface area contributed by atoms with Gasteiger partial charge in [-0.25, -0.2) is 8.42 Å². The Morgan fingerprint density at radius 1 is 1.37 bits per heavy atom. The Kier molecular flexibility index (Phi) is 3.70. The van der Waals surface area contributed by atoms with E-state index in [-0.39, 0.29) is 16.3 Å². The fourth-order valence-electron chi connectivity index (χ4n) is 1.57. The fourth-order valence-corrected chi connectivity index (χ4v) is 2.53. The molecule has 0 fully saturated rings. The van der Waals surface area contributed by atoms with Crippen LogP contribution in [0.3, 0.4) is 0 Å². The Bertz CT molecular complexity index is 697. The van der Waals surface area contributed by atoms with E-state index < -0.39 is 10.0 Å². The summed E-state index contributed by atoms with van der Waals surface area (Å²) in [5, 5.41) is 6.63. The van der Waals surface area contributed by atoms with Crippen molar-refractivity contribution in [2.45, 2.75) is 24.7 Å². The average Bonchev–Trinajstić information content (AvgIpc) is 2.77. The topological polar surface area (TPSA) is 108 Å². The van der Waals surface area contributed by atoms with Crippen LogP contribution >= 0.6 is 0 Å². The van der Waals surface area contributed by atoms with Crippen molar-refractivity contribution in [2.24, 2.45) is 0 Å². The number of pyridine rings is 1. The molecule has 0 spiro atoms. The third-order valence-electron chi connectivity index (χ3n) is 2.46. The number of anilines is 1. The molecule has 0 aromatic carbocycles. The number of sulfonamides is 1. The van der Waals surface area contributed by atoms with Gasteiger partial charge in [-0.3, -0.25) is 14.6 Å². The number of aromatic nitrogens is 3. The molecular weight excluding hydrogens is 268 g/mol. The van der Waals surface area contributed by atoms with Gasteiger partial charge >= 0.3 is 0 Å². The first-order valence-corrected chi connectivity index (χ1v) is 7.25. The quantitative estimate of drug-likeness (QED) is 0.755. The van der Waals surface area contributed by atoms with Crippen molar-refractivity contribution in [2.75, 3.05) is 4.72 Å². The van der Waals surface area contributed by atoms with Crippen molar-refractivity contribution in [1.82, 2.24) is 15.2 Å². The Balaban J connectivity index is 2.20. The molecule has 2 aromatic rings. The second kappa shape index (κ2) is 5.27. The molecule has 8 heteroatoms. The van der Waals surface area contributed by atoms with Crippen molar-refractivity contribution in [3.63, 3.8) is 0 Å². The Morgan fingerprint density at radius 2 is 2.16 bits per heavy atom. The van der Waals surface area contributed by atoms with E-state index in [2.05, 4.69) is 19.9 Å². The summed E-state index contributed by atoms with van der Waals surface area (Å²) in [6.07, 6.45) is 2.88. The minimum absolute atomic E-state index is 0.0212. The largest absolute Gasteiger partial charge is 0.328 e. The molecule has 7 nitrogen and oxygen atoms in total. The van der Waals surface area contributed by atoms with Crippen LogP contribution in [0.5, 0.6) is 0 Å². The number of nitrogens with one attached hydrogen (secondary N) is 3. The van der Waals surface area contributed by atoms with Gasteiger partial charge in [0.1, 0.15) is 4.90 Å². The van der Waals surface area contributed by atoms with Crippen molar-refractivity contribution in [3.05, 3.63) is 40.4 Å². The second-order valence-electron chi connectivity index (χ2n) is 4.02. The Hall–Kier alpha value is -2.09. The molecule has 19 heavy (non-hydrogen) atoms. The lowest BCUT2D eigenvalue weighted by molar-refractivity contribution is 0.600. The number of H-pyrrole nitrogens is 2. The van der Waals surface area contributed by atoms with Crippen LogP contribution < -0.4 is 10.3 Å². The van der Waals surface area contributed by atoms with Gasteiger partial charge in [-0.05, 0) is 12.5 Å². The van der Waals surface area contributed by atoms with E-state index in [4.69, 9.17) is 0 Å². The van der Waals surface area contributed by atoms with Crippen LogP contribution in [0.1, 0.15) is 19.0 Å². The molecule has 0 unspecified atom stereocenters. The first kappa shape index (κ1) is 13.3. The highest BCUT2D eigenvalue weighted by Crippen LogP contribution is 2.13. The molecule has 0 saturated carbocycles. The van der Waals surface area contributed by atoms with Gasteiger partial charge in [0.25, 0.3) is 10.0 Å². The van der Waals surface area contributed by atoms with E-state index in [1.165, 1.54) is 6.07 Å². The maximum absolute atomic E-state index is 12.0. The normalized spacial score (nSPS) is 11.4. The molecule has 2 aromatic heterocycles. The van der Waals surface area contributed by atoms with Crippen LogP contribution in [0.15, 0.2) is 34.1 Å². The average molecular weight is 282 g/mol. The molecular formula is C11H14N4O3S. The molecule has 0 aliphatic heterocycles. The monoisotopic (exact) mass is 282 g/mol. The van der Waals surface area contributed by atoms with E-state index in [9.17, 15) is 13.2 Å². The van der Waals surface area contributed by atoms with Gasteiger partial charge in [-0.1, -0.05) is 13.3 Å². The van der Waals surface area contributed by atoms with Gasteiger partial charge in [0.05, 0.1) is 0 Å². The third-order valence-corrected chi connectivity index (χ3v) is 3.81. The molecule has 102 valence electrons. The second-order valence-corrected chi connectivity index (χ2v) is 5.70. The molecule has 0 amide bonds. The number of aryl methyl sites for hydroxylation is 1.